The Morgan fingerprint density at radius 2 is 2.28 bits per heavy atom. The molecule has 4 heteroatoms. The van der Waals surface area contributed by atoms with E-state index in [4.69, 9.17) is 9.47 Å². The van der Waals surface area contributed by atoms with Crippen LogP contribution in [0, 0.1) is 0 Å². The van der Waals surface area contributed by atoms with Crippen LogP contribution in [0.4, 0.5) is 0 Å². The van der Waals surface area contributed by atoms with Gasteiger partial charge in [0.15, 0.2) is 0 Å². The predicted octanol–water partition coefficient (Wildman–Crippen LogP) is 2.74. The molecule has 1 saturated heterocycles. The summed E-state index contributed by atoms with van der Waals surface area (Å²) in [5.41, 5.74) is 1.62. The Morgan fingerprint density at radius 3 is 3.00 bits per heavy atom. The molecule has 1 atom stereocenters. The maximum Gasteiger partial charge on any atom is 0.340 e. The van der Waals surface area contributed by atoms with Gasteiger partial charge in [-0.2, -0.15) is 0 Å². The number of ether oxygens (including phenoxy) is 2. The first-order valence-electron chi connectivity index (χ1n) is 6.11. The fourth-order valence-electron chi connectivity index (χ4n) is 2.50. The van der Waals surface area contributed by atoms with E-state index in [0.29, 0.717) is 5.56 Å². The van der Waals surface area contributed by atoms with E-state index < -0.39 is 0 Å². The summed E-state index contributed by atoms with van der Waals surface area (Å²) in [7, 11) is 1.40. The molecule has 4 nitrogen and oxygen atoms in total. The van der Waals surface area contributed by atoms with Crippen molar-refractivity contribution >= 4 is 16.9 Å². The summed E-state index contributed by atoms with van der Waals surface area (Å²) in [6.45, 7) is 0.782. The molecular weight excluding hydrogens is 230 g/mol. The quantitative estimate of drug-likeness (QED) is 0.764. The molecule has 0 N–H and O–H groups in total. The van der Waals surface area contributed by atoms with Gasteiger partial charge in [-0.15, -0.1) is 0 Å². The van der Waals surface area contributed by atoms with Crippen molar-refractivity contribution in [1.82, 2.24) is 4.57 Å². The zero-order valence-electron chi connectivity index (χ0n) is 10.3. The van der Waals surface area contributed by atoms with Crippen molar-refractivity contribution in [3.05, 3.63) is 36.0 Å². The number of carbonyl (C=O) groups excluding carboxylic acids is 1. The lowest BCUT2D eigenvalue weighted by Crippen LogP contribution is -2.06. The lowest BCUT2D eigenvalue weighted by molar-refractivity contribution is 0.0575. The van der Waals surface area contributed by atoms with Gasteiger partial charge in [0.25, 0.3) is 0 Å². The molecule has 2 heterocycles. The average molecular weight is 245 g/mol. The molecule has 18 heavy (non-hydrogen) atoms. The van der Waals surface area contributed by atoms with Crippen molar-refractivity contribution in [2.24, 2.45) is 0 Å². The Hall–Kier alpha value is -1.81. The lowest BCUT2D eigenvalue weighted by atomic mass is 10.2. The van der Waals surface area contributed by atoms with Crippen LogP contribution >= 0.6 is 0 Å². The number of para-hydroxylation sites is 1. The van der Waals surface area contributed by atoms with E-state index >= 15 is 0 Å². The third kappa shape index (κ3) is 1.69. The van der Waals surface area contributed by atoms with E-state index in [0.717, 1.165) is 30.4 Å². The monoisotopic (exact) mass is 245 g/mol. The molecule has 1 aromatic carbocycles. The molecule has 0 amide bonds. The van der Waals surface area contributed by atoms with Crippen LogP contribution in [0.25, 0.3) is 10.9 Å². The lowest BCUT2D eigenvalue weighted by Gasteiger charge is -2.12. The van der Waals surface area contributed by atoms with Gasteiger partial charge < -0.3 is 14.0 Å². The van der Waals surface area contributed by atoms with Gasteiger partial charge in [-0.25, -0.2) is 4.79 Å². The summed E-state index contributed by atoms with van der Waals surface area (Å²) < 4.78 is 12.5. The smallest absolute Gasteiger partial charge is 0.340 e. The van der Waals surface area contributed by atoms with Crippen LogP contribution in [0.15, 0.2) is 30.5 Å². The number of rotatable bonds is 2. The van der Waals surface area contributed by atoms with Crippen molar-refractivity contribution in [1.29, 1.82) is 0 Å². The largest absolute Gasteiger partial charge is 0.465 e. The minimum Gasteiger partial charge on any atom is -0.465 e. The number of nitrogens with zero attached hydrogens (tertiary/aromatic N) is 1. The SMILES string of the molecule is COC(=O)c1cn(C2CCCO2)c2ccccc12. The maximum atomic E-state index is 11.8. The third-order valence-corrected chi connectivity index (χ3v) is 3.36. The molecule has 1 aromatic heterocycles. The van der Waals surface area contributed by atoms with E-state index in [9.17, 15) is 4.79 Å². The Morgan fingerprint density at radius 1 is 1.44 bits per heavy atom. The Kier molecular flexibility index (Phi) is 2.80. The summed E-state index contributed by atoms with van der Waals surface area (Å²) >= 11 is 0. The van der Waals surface area contributed by atoms with Crippen LogP contribution in [0.5, 0.6) is 0 Å². The molecule has 0 bridgehead atoms. The molecular formula is C14H15NO3. The van der Waals surface area contributed by atoms with Crippen LogP contribution in [-0.4, -0.2) is 24.3 Å². The molecule has 0 spiro atoms. The van der Waals surface area contributed by atoms with Gasteiger partial charge in [-0.3, -0.25) is 0 Å². The molecule has 3 rings (SSSR count). The molecule has 1 aliphatic heterocycles. The maximum absolute atomic E-state index is 11.8. The minimum absolute atomic E-state index is 0.0355. The summed E-state index contributed by atoms with van der Waals surface area (Å²) in [6.07, 6.45) is 3.92. The highest BCUT2D eigenvalue weighted by Gasteiger charge is 2.22. The van der Waals surface area contributed by atoms with Gasteiger partial charge >= 0.3 is 5.97 Å². The van der Waals surface area contributed by atoms with Crippen molar-refractivity contribution in [2.75, 3.05) is 13.7 Å². The van der Waals surface area contributed by atoms with E-state index in [-0.39, 0.29) is 12.2 Å². The first-order chi connectivity index (χ1) is 8.81. The molecule has 0 aliphatic carbocycles. The van der Waals surface area contributed by atoms with Gasteiger partial charge in [0.2, 0.25) is 0 Å². The van der Waals surface area contributed by atoms with E-state index in [1.165, 1.54) is 7.11 Å². The van der Waals surface area contributed by atoms with Gasteiger partial charge in [-0.1, -0.05) is 18.2 Å². The summed E-state index contributed by atoms with van der Waals surface area (Å²) in [4.78, 5) is 11.8. The summed E-state index contributed by atoms with van der Waals surface area (Å²) in [5.74, 6) is -0.303. The number of hydrogen-bond donors (Lipinski definition) is 0. The van der Waals surface area contributed by atoms with Crippen molar-refractivity contribution < 1.29 is 14.3 Å². The standard InChI is InChI=1S/C14H15NO3/c1-17-14(16)11-9-15(13-7-4-8-18-13)12-6-3-2-5-10(11)12/h2-3,5-6,9,13H,4,7-8H2,1H3. The van der Waals surface area contributed by atoms with Crippen LogP contribution in [0.2, 0.25) is 0 Å². The predicted molar refractivity (Wildman–Crippen MR) is 67.5 cm³/mol. The van der Waals surface area contributed by atoms with E-state index in [2.05, 4.69) is 0 Å². The third-order valence-electron chi connectivity index (χ3n) is 3.36. The topological polar surface area (TPSA) is 40.5 Å². The number of esters is 1. The van der Waals surface area contributed by atoms with Crippen LogP contribution in [0.1, 0.15) is 29.4 Å². The fourth-order valence-corrected chi connectivity index (χ4v) is 2.50. The van der Waals surface area contributed by atoms with Crippen molar-refractivity contribution in [2.45, 2.75) is 19.1 Å². The Labute approximate surface area is 105 Å². The number of benzene rings is 1. The highest BCUT2D eigenvalue weighted by atomic mass is 16.5. The van der Waals surface area contributed by atoms with Crippen molar-refractivity contribution in [3.63, 3.8) is 0 Å². The number of aromatic nitrogens is 1. The second kappa shape index (κ2) is 4.46. The molecule has 1 fully saturated rings. The second-order valence-corrected chi connectivity index (χ2v) is 4.43. The number of fused-ring (bicyclic) bond motifs is 1. The normalized spacial score (nSPS) is 19.3. The average Bonchev–Trinajstić information content (AvgIpc) is 3.04. The highest BCUT2D eigenvalue weighted by Crippen LogP contribution is 2.30. The van der Waals surface area contributed by atoms with Gasteiger partial charge in [0.05, 0.1) is 18.2 Å². The second-order valence-electron chi connectivity index (χ2n) is 4.43. The van der Waals surface area contributed by atoms with Crippen LogP contribution in [0.3, 0.4) is 0 Å². The summed E-state index contributed by atoms with van der Waals surface area (Å²) in [6, 6.07) is 7.83. The van der Waals surface area contributed by atoms with E-state index in [1.807, 2.05) is 35.0 Å². The number of carbonyl (C=O) groups is 1. The Balaban J connectivity index is 2.16. The fraction of sp³-hybridized carbons (Fsp3) is 0.357. The number of methoxy groups -OCH3 is 1. The molecule has 0 radical (unpaired) electrons. The minimum atomic E-state index is -0.303. The van der Waals surface area contributed by atoms with Crippen molar-refractivity contribution in [3.8, 4) is 0 Å². The summed E-state index contributed by atoms with van der Waals surface area (Å²) in [5, 5.41) is 0.917. The van der Waals surface area contributed by atoms with Crippen LogP contribution in [-0.2, 0) is 9.47 Å². The molecule has 94 valence electrons. The zero-order chi connectivity index (χ0) is 12.5. The molecule has 1 unspecified atom stereocenters. The van der Waals surface area contributed by atoms with Crippen LogP contribution < -0.4 is 0 Å². The first kappa shape index (κ1) is 11.3. The first-order valence-corrected chi connectivity index (χ1v) is 6.11. The molecule has 2 aromatic rings. The van der Waals surface area contributed by atoms with Gasteiger partial charge in [0.1, 0.15) is 6.23 Å². The van der Waals surface area contributed by atoms with Gasteiger partial charge in [-0.05, 0) is 18.9 Å². The van der Waals surface area contributed by atoms with Gasteiger partial charge in [0, 0.05) is 18.2 Å². The highest BCUT2D eigenvalue weighted by molar-refractivity contribution is 6.04. The van der Waals surface area contributed by atoms with E-state index in [1.54, 1.807) is 0 Å². The molecule has 1 aliphatic rings. The zero-order valence-corrected chi connectivity index (χ0v) is 10.3. The molecule has 0 saturated carbocycles. The Bertz CT molecular complexity index is 582. The number of hydrogen-bond acceptors (Lipinski definition) is 3.